The summed E-state index contributed by atoms with van der Waals surface area (Å²) in [6.07, 6.45) is 3.24. The predicted molar refractivity (Wildman–Crippen MR) is 107 cm³/mol. The Balaban J connectivity index is 1.57. The van der Waals surface area contributed by atoms with Gasteiger partial charge in [0.15, 0.2) is 0 Å². The third kappa shape index (κ3) is 4.91. The highest BCUT2D eigenvalue weighted by molar-refractivity contribution is 5.98. The Kier molecular flexibility index (Phi) is 5.39. The summed E-state index contributed by atoms with van der Waals surface area (Å²) in [6, 6.07) is 7.76. The minimum Gasteiger partial charge on any atom is -0.444 e. The lowest BCUT2D eigenvalue weighted by Gasteiger charge is -2.19. The summed E-state index contributed by atoms with van der Waals surface area (Å²) in [5, 5.41) is 10.5. The molecule has 3 rings (SSSR count). The van der Waals surface area contributed by atoms with E-state index in [9.17, 15) is 9.59 Å². The molecule has 0 saturated heterocycles. The fourth-order valence-corrected chi connectivity index (χ4v) is 2.75. The molecule has 2 amide bonds. The molecular weight excluding hydrogens is 358 g/mol. The first-order chi connectivity index (χ1) is 13.2. The number of aryl methyl sites for hydroxylation is 1. The molecule has 0 atom stereocenters. The van der Waals surface area contributed by atoms with Crippen LogP contribution in [-0.4, -0.2) is 45.5 Å². The average molecular weight is 383 g/mol. The molecule has 0 aliphatic carbocycles. The first-order valence-electron chi connectivity index (χ1n) is 9.08. The van der Waals surface area contributed by atoms with Crippen molar-refractivity contribution in [3.05, 3.63) is 42.4 Å². The minimum absolute atomic E-state index is 0.231. The van der Waals surface area contributed by atoms with E-state index < -0.39 is 11.7 Å². The van der Waals surface area contributed by atoms with E-state index in [0.29, 0.717) is 12.2 Å². The van der Waals surface area contributed by atoms with Crippen LogP contribution >= 0.6 is 0 Å². The number of nitrogens with one attached hydrogen (secondary N) is 3. The molecule has 148 valence electrons. The standard InChI is InChI=1S/C20H25N5O3/c1-20(2,3)28-19(27)22-8-7-21-18(26)17-10-14-9-13(5-6-16(14)24-17)15-11-23-25(4)12-15/h5-6,9-12,24H,7-8H2,1-4H3,(H,21,26)(H,22,27). The molecule has 8 heteroatoms. The summed E-state index contributed by atoms with van der Waals surface area (Å²) in [5.74, 6) is -0.231. The maximum atomic E-state index is 12.3. The van der Waals surface area contributed by atoms with Crippen molar-refractivity contribution in [1.29, 1.82) is 0 Å². The van der Waals surface area contributed by atoms with Crippen molar-refractivity contribution in [2.75, 3.05) is 13.1 Å². The van der Waals surface area contributed by atoms with Gasteiger partial charge >= 0.3 is 6.09 Å². The normalized spacial score (nSPS) is 11.4. The van der Waals surface area contributed by atoms with E-state index in [1.807, 2.05) is 37.5 Å². The molecule has 2 aromatic heterocycles. The van der Waals surface area contributed by atoms with Crippen molar-refractivity contribution in [3.63, 3.8) is 0 Å². The van der Waals surface area contributed by atoms with Crippen LogP contribution < -0.4 is 10.6 Å². The number of hydrogen-bond donors (Lipinski definition) is 3. The third-order valence-electron chi connectivity index (χ3n) is 3.98. The molecular formula is C20H25N5O3. The van der Waals surface area contributed by atoms with Crippen LogP contribution in [0.4, 0.5) is 4.79 Å². The summed E-state index contributed by atoms with van der Waals surface area (Å²) in [6.45, 7) is 5.97. The molecule has 2 heterocycles. The second-order valence-corrected chi connectivity index (χ2v) is 7.57. The van der Waals surface area contributed by atoms with Crippen LogP contribution in [0.2, 0.25) is 0 Å². The number of ether oxygens (including phenoxy) is 1. The number of hydrogen-bond acceptors (Lipinski definition) is 4. The Morgan fingerprint density at radius 2 is 1.89 bits per heavy atom. The molecule has 0 saturated carbocycles. The largest absolute Gasteiger partial charge is 0.444 e. The van der Waals surface area contributed by atoms with Crippen LogP contribution in [0.1, 0.15) is 31.3 Å². The predicted octanol–water partition coefficient (Wildman–Crippen LogP) is 2.82. The number of aromatic nitrogens is 3. The van der Waals surface area contributed by atoms with Gasteiger partial charge in [-0.3, -0.25) is 9.48 Å². The van der Waals surface area contributed by atoms with Crippen molar-refractivity contribution < 1.29 is 14.3 Å². The lowest BCUT2D eigenvalue weighted by Crippen LogP contribution is -2.37. The van der Waals surface area contributed by atoms with Crippen molar-refractivity contribution in [2.24, 2.45) is 7.05 Å². The van der Waals surface area contributed by atoms with Gasteiger partial charge in [0.2, 0.25) is 0 Å². The van der Waals surface area contributed by atoms with Gasteiger partial charge in [-0.15, -0.1) is 0 Å². The van der Waals surface area contributed by atoms with Gasteiger partial charge < -0.3 is 20.4 Å². The van der Waals surface area contributed by atoms with Gasteiger partial charge in [-0.05, 0) is 44.5 Å². The number of H-pyrrole nitrogens is 1. The van der Waals surface area contributed by atoms with Crippen molar-refractivity contribution >= 4 is 22.9 Å². The van der Waals surface area contributed by atoms with Gasteiger partial charge in [0.25, 0.3) is 5.91 Å². The Hall–Kier alpha value is -3.29. The second kappa shape index (κ2) is 7.75. The minimum atomic E-state index is -0.549. The third-order valence-corrected chi connectivity index (χ3v) is 3.98. The van der Waals surface area contributed by atoms with Crippen molar-refractivity contribution in [3.8, 4) is 11.1 Å². The quantitative estimate of drug-likeness (QED) is 0.590. The van der Waals surface area contributed by atoms with Crippen molar-refractivity contribution in [2.45, 2.75) is 26.4 Å². The molecule has 3 N–H and O–H groups in total. The molecule has 0 fully saturated rings. The summed E-state index contributed by atoms with van der Waals surface area (Å²) in [5.41, 5.74) is 2.85. The number of alkyl carbamates (subject to hydrolysis) is 1. The Bertz CT molecular complexity index is 997. The summed E-state index contributed by atoms with van der Waals surface area (Å²) in [7, 11) is 1.87. The van der Waals surface area contributed by atoms with Crippen LogP contribution in [-0.2, 0) is 11.8 Å². The number of carbonyl (C=O) groups excluding carboxylic acids is 2. The molecule has 0 radical (unpaired) electrons. The number of amides is 2. The van der Waals surface area contributed by atoms with Crippen LogP contribution in [0, 0.1) is 0 Å². The average Bonchev–Trinajstić information content (AvgIpc) is 3.22. The smallest absolute Gasteiger partial charge is 0.407 e. The van der Waals surface area contributed by atoms with Gasteiger partial charge in [0.1, 0.15) is 11.3 Å². The first kappa shape index (κ1) is 19.5. The number of benzene rings is 1. The zero-order valence-corrected chi connectivity index (χ0v) is 16.5. The van der Waals surface area contributed by atoms with Crippen LogP contribution in [0.5, 0.6) is 0 Å². The SMILES string of the molecule is Cn1cc(-c2ccc3[nH]c(C(=O)NCCNC(=O)OC(C)(C)C)cc3c2)cn1. The van der Waals surface area contributed by atoms with Crippen LogP contribution in [0.15, 0.2) is 36.7 Å². The molecule has 1 aromatic carbocycles. The maximum Gasteiger partial charge on any atom is 0.407 e. The monoisotopic (exact) mass is 383 g/mol. The van der Waals surface area contributed by atoms with Crippen LogP contribution in [0.3, 0.4) is 0 Å². The van der Waals surface area contributed by atoms with E-state index >= 15 is 0 Å². The Morgan fingerprint density at radius 3 is 2.57 bits per heavy atom. The Labute approximate surface area is 163 Å². The highest BCUT2D eigenvalue weighted by Gasteiger charge is 2.16. The van der Waals surface area contributed by atoms with Gasteiger partial charge in [-0.25, -0.2) is 4.79 Å². The highest BCUT2D eigenvalue weighted by atomic mass is 16.6. The number of carbonyl (C=O) groups is 2. The van der Waals surface area contributed by atoms with E-state index in [1.165, 1.54) is 0 Å². The molecule has 8 nitrogen and oxygen atoms in total. The lowest BCUT2D eigenvalue weighted by molar-refractivity contribution is 0.0526. The van der Waals surface area contributed by atoms with Gasteiger partial charge in [-0.1, -0.05) is 6.07 Å². The van der Waals surface area contributed by atoms with E-state index in [0.717, 1.165) is 22.0 Å². The van der Waals surface area contributed by atoms with Crippen LogP contribution in [0.25, 0.3) is 22.0 Å². The van der Waals surface area contributed by atoms with E-state index in [-0.39, 0.29) is 12.5 Å². The van der Waals surface area contributed by atoms with Gasteiger partial charge in [0.05, 0.1) is 6.20 Å². The fraction of sp³-hybridized carbons (Fsp3) is 0.350. The molecule has 0 unspecified atom stereocenters. The van der Waals surface area contributed by atoms with E-state index in [2.05, 4.69) is 20.7 Å². The van der Waals surface area contributed by atoms with E-state index in [1.54, 1.807) is 31.6 Å². The molecule has 28 heavy (non-hydrogen) atoms. The highest BCUT2D eigenvalue weighted by Crippen LogP contribution is 2.24. The molecule has 0 bridgehead atoms. The number of nitrogens with zero attached hydrogens (tertiary/aromatic N) is 2. The first-order valence-corrected chi connectivity index (χ1v) is 9.08. The van der Waals surface area contributed by atoms with Gasteiger partial charge in [-0.2, -0.15) is 5.10 Å². The molecule has 3 aromatic rings. The summed E-state index contributed by atoms with van der Waals surface area (Å²) >= 11 is 0. The van der Waals surface area contributed by atoms with E-state index in [4.69, 9.17) is 4.74 Å². The zero-order valence-electron chi connectivity index (χ0n) is 16.5. The summed E-state index contributed by atoms with van der Waals surface area (Å²) < 4.78 is 6.89. The fourth-order valence-electron chi connectivity index (χ4n) is 2.75. The maximum absolute atomic E-state index is 12.3. The summed E-state index contributed by atoms with van der Waals surface area (Å²) in [4.78, 5) is 27.0. The Morgan fingerprint density at radius 1 is 1.14 bits per heavy atom. The molecule has 0 spiro atoms. The number of rotatable bonds is 5. The lowest BCUT2D eigenvalue weighted by atomic mass is 10.1. The molecule has 0 aliphatic heterocycles. The molecule has 0 aliphatic rings. The van der Waals surface area contributed by atoms with Crippen molar-refractivity contribution in [1.82, 2.24) is 25.4 Å². The number of fused-ring (bicyclic) bond motifs is 1. The topological polar surface area (TPSA) is 101 Å². The number of aromatic amines is 1. The second-order valence-electron chi connectivity index (χ2n) is 7.57. The van der Waals surface area contributed by atoms with Gasteiger partial charge in [0, 0.05) is 42.8 Å². The zero-order chi connectivity index (χ0) is 20.3.